The van der Waals surface area contributed by atoms with Gasteiger partial charge in [-0.25, -0.2) is 0 Å². The Bertz CT molecular complexity index is 232. The van der Waals surface area contributed by atoms with Crippen molar-refractivity contribution in [1.29, 1.82) is 0 Å². The van der Waals surface area contributed by atoms with Gasteiger partial charge in [-0.05, 0) is 19.8 Å². The fourth-order valence-electron chi connectivity index (χ4n) is 2.15. The summed E-state index contributed by atoms with van der Waals surface area (Å²) in [6, 6.07) is 0. The van der Waals surface area contributed by atoms with Gasteiger partial charge in [-0.1, -0.05) is 71.6 Å². The first-order chi connectivity index (χ1) is 10.5. The van der Waals surface area contributed by atoms with Crippen molar-refractivity contribution in [2.45, 2.75) is 110 Å². The fraction of sp³-hybridized carbons (Fsp3) is 0.944. The Kier molecular flexibility index (Phi) is 19.8. The molecule has 0 saturated carbocycles. The number of unbranched alkanes of at least 4 members (excludes halogenated alkanes) is 8. The second-order valence-corrected chi connectivity index (χ2v) is 6.14. The van der Waals surface area contributed by atoms with Crippen molar-refractivity contribution in [3.63, 3.8) is 0 Å². The molecule has 0 spiro atoms. The maximum Gasteiger partial charge on any atom is 0.217 e. The summed E-state index contributed by atoms with van der Waals surface area (Å²) in [6.07, 6.45) is 12.6. The Morgan fingerprint density at radius 1 is 0.864 bits per heavy atom. The van der Waals surface area contributed by atoms with E-state index in [-0.39, 0.29) is 5.91 Å². The summed E-state index contributed by atoms with van der Waals surface area (Å²) < 4.78 is 0. The van der Waals surface area contributed by atoms with Crippen LogP contribution in [0.25, 0.3) is 0 Å². The molecule has 0 radical (unpaired) electrons. The zero-order chi connectivity index (χ0) is 17.2. The number of nitrogens with two attached hydrogens (primary N) is 1. The van der Waals surface area contributed by atoms with Crippen LogP contribution in [0.3, 0.4) is 0 Å². The van der Waals surface area contributed by atoms with Crippen molar-refractivity contribution < 1.29 is 15.0 Å². The van der Waals surface area contributed by atoms with E-state index in [0.717, 1.165) is 19.3 Å². The number of rotatable bonds is 13. The van der Waals surface area contributed by atoms with Crippen LogP contribution in [0.4, 0.5) is 0 Å². The molecule has 0 bridgehead atoms. The van der Waals surface area contributed by atoms with E-state index in [9.17, 15) is 4.79 Å². The summed E-state index contributed by atoms with van der Waals surface area (Å²) in [5.74, 6) is -0.159. The van der Waals surface area contributed by atoms with E-state index < -0.39 is 12.2 Å². The van der Waals surface area contributed by atoms with Crippen LogP contribution in [0.2, 0.25) is 0 Å². The van der Waals surface area contributed by atoms with Gasteiger partial charge < -0.3 is 15.9 Å². The summed E-state index contributed by atoms with van der Waals surface area (Å²) in [6.45, 7) is 5.82. The molecule has 22 heavy (non-hydrogen) atoms. The van der Waals surface area contributed by atoms with Gasteiger partial charge in [-0.15, -0.1) is 0 Å². The number of aliphatic hydroxyl groups excluding tert-OH is 2. The Hall–Kier alpha value is -0.610. The van der Waals surface area contributed by atoms with E-state index in [0.29, 0.717) is 12.8 Å². The first-order valence-corrected chi connectivity index (χ1v) is 9.10. The monoisotopic (exact) mass is 317 g/mol. The minimum Gasteiger partial charge on any atom is -0.391 e. The summed E-state index contributed by atoms with van der Waals surface area (Å²) in [4.78, 5) is 10.4. The predicted molar refractivity (Wildman–Crippen MR) is 93.6 cm³/mol. The van der Waals surface area contributed by atoms with Crippen LogP contribution >= 0.6 is 0 Å². The second kappa shape index (κ2) is 18.4. The first kappa shape index (κ1) is 23.7. The molecule has 0 rings (SSSR count). The Morgan fingerprint density at radius 2 is 1.32 bits per heavy atom. The van der Waals surface area contributed by atoms with Gasteiger partial charge in [0.05, 0.1) is 12.2 Å². The highest BCUT2D eigenvalue weighted by molar-refractivity contribution is 5.73. The van der Waals surface area contributed by atoms with Crippen LogP contribution in [-0.4, -0.2) is 28.3 Å². The van der Waals surface area contributed by atoms with Crippen molar-refractivity contribution in [2.75, 3.05) is 0 Å². The molecule has 2 unspecified atom stereocenters. The summed E-state index contributed by atoms with van der Waals surface area (Å²) in [7, 11) is 0. The smallest absolute Gasteiger partial charge is 0.217 e. The van der Waals surface area contributed by atoms with Crippen LogP contribution in [-0.2, 0) is 4.79 Å². The van der Waals surface area contributed by atoms with Crippen LogP contribution in [0, 0.1) is 0 Å². The fourth-order valence-corrected chi connectivity index (χ4v) is 2.15. The molecule has 1 amide bonds. The molecule has 0 saturated heterocycles. The third-order valence-corrected chi connectivity index (χ3v) is 3.67. The highest BCUT2D eigenvalue weighted by Crippen LogP contribution is 2.10. The molecule has 134 valence electrons. The molecule has 0 aromatic heterocycles. The lowest BCUT2D eigenvalue weighted by Gasteiger charge is -2.10. The predicted octanol–water partition coefficient (Wildman–Crippen LogP) is 3.92. The second-order valence-electron chi connectivity index (χ2n) is 6.14. The van der Waals surface area contributed by atoms with Crippen molar-refractivity contribution in [3.8, 4) is 0 Å². The normalized spacial score (nSPS) is 13.1. The molecule has 0 aromatic carbocycles. The van der Waals surface area contributed by atoms with E-state index in [1.807, 2.05) is 6.92 Å². The van der Waals surface area contributed by atoms with Crippen LogP contribution < -0.4 is 5.73 Å². The Morgan fingerprint density at radius 3 is 1.64 bits per heavy atom. The highest BCUT2D eigenvalue weighted by atomic mass is 16.3. The van der Waals surface area contributed by atoms with Crippen molar-refractivity contribution in [3.05, 3.63) is 0 Å². The molecule has 0 aliphatic carbocycles. The van der Waals surface area contributed by atoms with Crippen LogP contribution in [0.5, 0.6) is 0 Å². The Labute approximate surface area is 137 Å². The number of aliphatic hydroxyl groups is 2. The van der Waals surface area contributed by atoms with Crippen molar-refractivity contribution >= 4 is 5.91 Å². The summed E-state index contributed by atoms with van der Waals surface area (Å²) >= 11 is 0. The van der Waals surface area contributed by atoms with Gasteiger partial charge in [0.2, 0.25) is 5.91 Å². The maximum absolute atomic E-state index is 10.4. The number of hydrogen-bond acceptors (Lipinski definition) is 3. The topological polar surface area (TPSA) is 83.6 Å². The quantitative estimate of drug-likeness (QED) is 0.450. The van der Waals surface area contributed by atoms with Gasteiger partial charge in [0.1, 0.15) is 0 Å². The van der Waals surface area contributed by atoms with Gasteiger partial charge in [0, 0.05) is 6.42 Å². The zero-order valence-electron chi connectivity index (χ0n) is 15.0. The molecule has 4 heteroatoms. The van der Waals surface area contributed by atoms with Crippen LogP contribution in [0.15, 0.2) is 0 Å². The Balaban J connectivity index is 0. The lowest BCUT2D eigenvalue weighted by atomic mass is 10.1. The van der Waals surface area contributed by atoms with Gasteiger partial charge in [-0.3, -0.25) is 4.79 Å². The van der Waals surface area contributed by atoms with Crippen molar-refractivity contribution in [2.24, 2.45) is 5.73 Å². The third-order valence-electron chi connectivity index (χ3n) is 3.67. The number of primary amides is 1. The van der Waals surface area contributed by atoms with E-state index in [2.05, 4.69) is 6.92 Å². The SMILES string of the molecule is CCCC(O)C(C)O.CCCCCCCCCCCC(N)=O. The molecule has 4 N–H and O–H groups in total. The van der Waals surface area contributed by atoms with E-state index >= 15 is 0 Å². The van der Waals surface area contributed by atoms with Crippen molar-refractivity contribution in [1.82, 2.24) is 0 Å². The number of carbonyl (C=O) groups excluding carboxylic acids is 1. The molecule has 0 aliphatic heterocycles. The molecule has 0 aliphatic rings. The molecule has 0 fully saturated rings. The molecule has 2 atom stereocenters. The lowest BCUT2D eigenvalue weighted by molar-refractivity contribution is -0.118. The zero-order valence-corrected chi connectivity index (χ0v) is 15.0. The lowest BCUT2D eigenvalue weighted by Crippen LogP contribution is -2.21. The maximum atomic E-state index is 10.4. The molecule has 0 aromatic rings. The average Bonchev–Trinajstić information content (AvgIpc) is 2.46. The average molecular weight is 318 g/mol. The van der Waals surface area contributed by atoms with Gasteiger partial charge >= 0.3 is 0 Å². The number of carbonyl (C=O) groups is 1. The molecular formula is C18H39NO3. The standard InChI is InChI=1S/C12H25NO.C6H14O2/c1-2-3-4-5-6-7-8-9-10-11-12(13)14;1-3-4-6(8)5(2)7/h2-11H2,1H3,(H2,13,14);5-8H,3-4H2,1-2H3. The molecular weight excluding hydrogens is 278 g/mol. The number of amides is 1. The molecule has 4 nitrogen and oxygen atoms in total. The van der Waals surface area contributed by atoms with E-state index in [1.54, 1.807) is 6.92 Å². The summed E-state index contributed by atoms with van der Waals surface area (Å²) in [5.41, 5.74) is 5.05. The third kappa shape index (κ3) is 21.7. The van der Waals surface area contributed by atoms with E-state index in [1.165, 1.54) is 44.9 Å². The van der Waals surface area contributed by atoms with Crippen LogP contribution in [0.1, 0.15) is 97.8 Å². The van der Waals surface area contributed by atoms with Gasteiger partial charge in [0.25, 0.3) is 0 Å². The minimum atomic E-state index is -0.574. The largest absolute Gasteiger partial charge is 0.391 e. The number of hydrogen-bond donors (Lipinski definition) is 3. The minimum absolute atomic E-state index is 0.159. The molecule has 0 heterocycles. The summed E-state index contributed by atoms with van der Waals surface area (Å²) in [5, 5.41) is 17.6. The highest BCUT2D eigenvalue weighted by Gasteiger charge is 2.07. The van der Waals surface area contributed by atoms with E-state index in [4.69, 9.17) is 15.9 Å². The first-order valence-electron chi connectivity index (χ1n) is 9.10. The van der Waals surface area contributed by atoms with Gasteiger partial charge in [0.15, 0.2) is 0 Å². The van der Waals surface area contributed by atoms with Gasteiger partial charge in [-0.2, -0.15) is 0 Å².